The summed E-state index contributed by atoms with van der Waals surface area (Å²) in [6, 6.07) is 21.2. The third-order valence-corrected chi connectivity index (χ3v) is 5.99. The predicted molar refractivity (Wildman–Crippen MR) is 89.1 cm³/mol. The molecular formula is C17H18OS2. The number of benzene rings is 2. The van der Waals surface area contributed by atoms with E-state index >= 15 is 0 Å². The summed E-state index contributed by atoms with van der Waals surface area (Å²) in [5, 5.41) is 0. The Morgan fingerprint density at radius 1 is 0.850 bits per heavy atom. The van der Waals surface area contributed by atoms with Crippen LogP contribution in [0.5, 0.6) is 0 Å². The average Bonchev–Trinajstić information content (AvgIpc) is 2.55. The summed E-state index contributed by atoms with van der Waals surface area (Å²) in [4.78, 5) is 0. The molecular weight excluding hydrogens is 284 g/mol. The third kappa shape index (κ3) is 3.60. The normalized spacial score (nSPS) is 22.6. The molecule has 0 aromatic heterocycles. The highest BCUT2D eigenvalue weighted by Gasteiger charge is 2.28. The monoisotopic (exact) mass is 302 g/mol. The van der Waals surface area contributed by atoms with Gasteiger partial charge in [-0.25, -0.2) is 0 Å². The molecule has 0 unspecified atom stereocenters. The summed E-state index contributed by atoms with van der Waals surface area (Å²) >= 11 is 0. The smallest absolute Gasteiger partial charge is 0.0755 e. The Bertz CT molecular complexity index is 515. The second-order valence-corrected chi connectivity index (χ2v) is 7.47. The van der Waals surface area contributed by atoms with Crippen molar-refractivity contribution in [1.29, 1.82) is 0 Å². The zero-order valence-electron chi connectivity index (χ0n) is 11.3. The van der Waals surface area contributed by atoms with E-state index in [4.69, 9.17) is 4.74 Å². The molecule has 1 aliphatic heterocycles. The molecule has 0 radical (unpaired) electrons. The Kier molecular flexibility index (Phi) is 5.06. The molecule has 1 aliphatic rings. The van der Waals surface area contributed by atoms with Gasteiger partial charge in [0.15, 0.2) is 0 Å². The zero-order valence-corrected chi connectivity index (χ0v) is 12.9. The molecule has 1 nitrogen and oxygen atoms in total. The number of hydrogen-bond acceptors (Lipinski definition) is 3. The first kappa shape index (κ1) is 14.1. The van der Waals surface area contributed by atoms with Crippen LogP contribution in [-0.4, -0.2) is 17.6 Å². The molecule has 20 heavy (non-hydrogen) atoms. The van der Waals surface area contributed by atoms with Crippen molar-refractivity contribution in [1.82, 2.24) is 0 Å². The average molecular weight is 302 g/mol. The van der Waals surface area contributed by atoms with Crippen LogP contribution in [0.25, 0.3) is 0 Å². The van der Waals surface area contributed by atoms with E-state index in [-0.39, 0.29) is 0 Å². The summed E-state index contributed by atoms with van der Waals surface area (Å²) in [7, 11) is 3.89. The lowest BCUT2D eigenvalue weighted by Crippen LogP contribution is -2.29. The van der Waals surface area contributed by atoms with Crippen LogP contribution in [0.4, 0.5) is 0 Å². The summed E-state index contributed by atoms with van der Waals surface area (Å²) in [5.41, 5.74) is 2.65. The summed E-state index contributed by atoms with van der Waals surface area (Å²) in [6.45, 7) is 0.708. The predicted octanol–water partition coefficient (Wildman–Crippen LogP) is 4.75. The van der Waals surface area contributed by atoms with Crippen molar-refractivity contribution in [2.24, 2.45) is 0 Å². The van der Waals surface area contributed by atoms with E-state index in [0.29, 0.717) is 18.6 Å². The lowest BCUT2D eigenvalue weighted by atomic mass is 9.96. The van der Waals surface area contributed by atoms with Crippen LogP contribution in [0.3, 0.4) is 0 Å². The van der Waals surface area contributed by atoms with E-state index < -0.39 is 0 Å². The second-order valence-electron chi connectivity index (χ2n) is 4.92. The van der Waals surface area contributed by atoms with E-state index in [1.807, 2.05) is 27.7 Å². The largest absolute Gasteiger partial charge is 0.372 e. The molecule has 0 N–H and O–H groups in total. The molecule has 1 saturated heterocycles. The van der Waals surface area contributed by atoms with Gasteiger partial charge in [0.25, 0.3) is 0 Å². The minimum atomic E-state index is 0.309. The molecule has 3 heteroatoms. The second kappa shape index (κ2) is 7.21. The standard InChI is InChI=1S/C17H18OS2/c1-3-7-14(8-4-1)11-18-17-13-20-19-12-16(17)15-9-5-2-6-10-15/h1-10,16-17H,11-13H2/t16-,17+/m1/s1. The van der Waals surface area contributed by atoms with Crippen molar-refractivity contribution in [2.45, 2.75) is 18.6 Å². The molecule has 1 fully saturated rings. The van der Waals surface area contributed by atoms with Crippen molar-refractivity contribution in [3.63, 3.8) is 0 Å². The van der Waals surface area contributed by atoms with Crippen LogP contribution in [0, 0.1) is 0 Å². The minimum absolute atomic E-state index is 0.309. The number of ether oxygens (including phenoxy) is 1. The van der Waals surface area contributed by atoms with E-state index in [1.54, 1.807) is 0 Å². The van der Waals surface area contributed by atoms with Gasteiger partial charge in [-0.05, 0) is 11.1 Å². The van der Waals surface area contributed by atoms with Gasteiger partial charge in [-0.1, -0.05) is 82.3 Å². The first-order chi connectivity index (χ1) is 9.93. The van der Waals surface area contributed by atoms with Gasteiger partial charge in [0, 0.05) is 17.4 Å². The third-order valence-electron chi connectivity index (χ3n) is 3.55. The maximum atomic E-state index is 6.20. The molecule has 0 bridgehead atoms. The molecule has 2 aromatic rings. The molecule has 1 heterocycles. The van der Waals surface area contributed by atoms with Crippen LogP contribution in [0.15, 0.2) is 60.7 Å². The number of hydrogen-bond donors (Lipinski definition) is 0. The van der Waals surface area contributed by atoms with E-state index in [9.17, 15) is 0 Å². The fraction of sp³-hybridized carbons (Fsp3) is 0.294. The molecule has 2 atom stereocenters. The first-order valence-electron chi connectivity index (χ1n) is 6.88. The molecule has 3 rings (SSSR count). The van der Waals surface area contributed by atoms with Gasteiger partial charge in [-0.15, -0.1) is 0 Å². The van der Waals surface area contributed by atoms with Gasteiger partial charge < -0.3 is 4.74 Å². The topological polar surface area (TPSA) is 9.23 Å². The Labute approximate surface area is 128 Å². The van der Waals surface area contributed by atoms with Crippen LogP contribution >= 0.6 is 21.6 Å². The van der Waals surface area contributed by atoms with Crippen molar-refractivity contribution >= 4 is 21.6 Å². The highest BCUT2D eigenvalue weighted by atomic mass is 33.1. The van der Waals surface area contributed by atoms with Crippen LogP contribution in [-0.2, 0) is 11.3 Å². The van der Waals surface area contributed by atoms with Crippen LogP contribution < -0.4 is 0 Å². The highest BCUT2D eigenvalue weighted by molar-refractivity contribution is 8.76. The van der Waals surface area contributed by atoms with E-state index in [0.717, 1.165) is 11.5 Å². The van der Waals surface area contributed by atoms with Gasteiger partial charge in [-0.2, -0.15) is 0 Å². The Balaban J connectivity index is 1.67. The van der Waals surface area contributed by atoms with E-state index in [2.05, 4.69) is 54.6 Å². The van der Waals surface area contributed by atoms with Crippen molar-refractivity contribution in [2.75, 3.05) is 11.5 Å². The molecule has 2 aromatic carbocycles. The Morgan fingerprint density at radius 2 is 1.50 bits per heavy atom. The lowest BCUT2D eigenvalue weighted by Gasteiger charge is -2.31. The van der Waals surface area contributed by atoms with Gasteiger partial charge in [0.2, 0.25) is 0 Å². The van der Waals surface area contributed by atoms with Gasteiger partial charge in [-0.3, -0.25) is 0 Å². The molecule has 0 saturated carbocycles. The lowest BCUT2D eigenvalue weighted by molar-refractivity contribution is 0.0421. The van der Waals surface area contributed by atoms with Gasteiger partial charge in [0.1, 0.15) is 0 Å². The van der Waals surface area contributed by atoms with Crippen LogP contribution in [0.1, 0.15) is 17.0 Å². The Morgan fingerprint density at radius 3 is 2.25 bits per heavy atom. The number of rotatable bonds is 4. The molecule has 0 aliphatic carbocycles. The van der Waals surface area contributed by atoms with Crippen LogP contribution in [0.2, 0.25) is 0 Å². The maximum Gasteiger partial charge on any atom is 0.0755 e. The van der Waals surface area contributed by atoms with Gasteiger partial charge in [0.05, 0.1) is 12.7 Å². The fourth-order valence-corrected chi connectivity index (χ4v) is 5.04. The van der Waals surface area contributed by atoms with Crippen molar-refractivity contribution in [3.05, 3.63) is 71.8 Å². The van der Waals surface area contributed by atoms with E-state index in [1.165, 1.54) is 11.1 Å². The maximum absolute atomic E-state index is 6.20. The van der Waals surface area contributed by atoms with Crippen molar-refractivity contribution < 1.29 is 4.74 Å². The molecule has 0 spiro atoms. The van der Waals surface area contributed by atoms with Crippen molar-refractivity contribution in [3.8, 4) is 0 Å². The molecule has 104 valence electrons. The zero-order chi connectivity index (χ0) is 13.6. The van der Waals surface area contributed by atoms with Gasteiger partial charge >= 0.3 is 0 Å². The summed E-state index contributed by atoms with van der Waals surface area (Å²) < 4.78 is 6.20. The SMILES string of the molecule is c1ccc(CO[C@H]2CSSC[C@@H]2c2ccccc2)cc1. The quantitative estimate of drug-likeness (QED) is 0.754. The minimum Gasteiger partial charge on any atom is -0.372 e. The Hall–Kier alpha value is -0.900. The first-order valence-corrected chi connectivity index (χ1v) is 9.37. The highest BCUT2D eigenvalue weighted by Crippen LogP contribution is 2.39. The summed E-state index contributed by atoms with van der Waals surface area (Å²) in [6.07, 6.45) is 0.309. The molecule has 0 amide bonds. The fourth-order valence-electron chi connectivity index (χ4n) is 2.41. The summed E-state index contributed by atoms with van der Waals surface area (Å²) in [5.74, 6) is 2.71.